The van der Waals surface area contributed by atoms with E-state index in [2.05, 4.69) is 4.74 Å². The van der Waals surface area contributed by atoms with Gasteiger partial charge in [0.15, 0.2) is 0 Å². The summed E-state index contributed by atoms with van der Waals surface area (Å²) in [7, 11) is 1.05. The second-order valence-corrected chi connectivity index (χ2v) is 3.47. The van der Waals surface area contributed by atoms with Crippen LogP contribution in [0, 0.1) is 0 Å². The number of hydrogen-bond donors (Lipinski definition) is 1. The van der Waals surface area contributed by atoms with E-state index < -0.39 is 29.5 Å². The van der Waals surface area contributed by atoms with Crippen molar-refractivity contribution in [2.45, 2.75) is 18.4 Å². The molecule has 1 atom stereocenters. The minimum Gasteiger partial charge on any atom is -0.496 e. The van der Waals surface area contributed by atoms with Crippen molar-refractivity contribution >= 4 is 0 Å². The highest BCUT2D eigenvalue weighted by atomic mass is 19.4. The fourth-order valence-corrected chi connectivity index (χ4v) is 1.33. The van der Waals surface area contributed by atoms with Crippen molar-refractivity contribution in [3.05, 3.63) is 29.3 Å². The van der Waals surface area contributed by atoms with E-state index in [1.807, 2.05) is 0 Å². The zero-order valence-corrected chi connectivity index (χ0v) is 9.06. The van der Waals surface area contributed by atoms with Gasteiger partial charge in [-0.25, -0.2) is 0 Å². The monoisotopic (exact) mass is 273 g/mol. The van der Waals surface area contributed by atoms with E-state index in [4.69, 9.17) is 5.73 Å². The van der Waals surface area contributed by atoms with Crippen LogP contribution in [0.15, 0.2) is 18.2 Å². The van der Waals surface area contributed by atoms with Gasteiger partial charge in [-0.05, 0) is 18.2 Å². The third kappa shape index (κ3) is 3.06. The molecule has 8 heteroatoms. The molecule has 0 aliphatic carbocycles. The highest BCUT2D eigenvalue weighted by Crippen LogP contribution is 2.39. The summed E-state index contributed by atoms with van der Waals surface area (Å²) in [6, 6.07) is -0.749. The lowest BCUT2D eigenvalue weighted by molar-refractivity contribution is -0.150. The number of benzene rings is 1. The molecule has 0 fully saturated rings. The van der Waals surface area contributed by atoms with Gasteiger partial charge in [0.25, 0.3) is 0 Å². The molecular weight excluding hydrogens is 264 g/mol. The molecule has 1 aromatic rings. The van der Waals surface area contributed by atoms with E-state index in [-0.39, 0.29) is 5.75 Å². The molecule has 0 heterocycles. The maximum Gasteiger partial charge on any atom is 0.416 e. The largest absolute Gasteiger partial charge is 0.496 e. The van der Waals surface area contributed by atoms with Crippen molar-refractivity contribution in [2.24, 2.45) is 5.73 Å². The Kier molecular flexibility index (Phi) is 3.80. The molecule has 1 rings (SSSR count). The highest BCUT2D eigenvalue weighted by molar-refractivity contribution is 5.41. The summed E-state index contributed by atoms with van der Waals surface area (Å²) >= 11 is 0. The summed E-state index contributed by atoms with van der Waals surface area (Å²) < 4.78 is 79.0. The van der Waals surface area contributed by atoms with Crippen molar-refractivity contribution in [3.63, 3.8) is 0 Å². The number of halogens is 6. The Hall–Kier alpha value is -1.44. The molecule has 18 heavy (non-hydrogen) atoms. The maximum atomic E-state index is 12.4. The lowest BCUT2D eigenvalue weighted by atomic mass is 10.0. The Labute approximate surface area is 98.3 Å². The Morgan fingerprint density at radius 3 is 2.06 bits per heavy atom. The first-order valence-electron chi connectivity index (χ1n) is 4.64. The number of nitrogens with two attached hydrogens (primary N) is 1. The van der Waals surface area contributed by atoms with Gasteiger partial charge in [-0.2, -0.15) is 26.3 Å². The molecule has 0 saturated heterocycles. The van der Waals surface area contributed by atoms with Crippen LogP contribution in [0.2, 0.25) is 0 Å². The van der Waals surface area contributed by atoms with Crippen LogP contribution in [-0.2, 0) is 6.18 Å². The normalized spacial score (nSPS) is 14.4. The Bertz CT molecular complexity index is 425. The van der Waals surface area contributed by atoms with Crippen molar-refractivity contribution in [3.8, 4) is 5.75 Å². The van der Waals surface area contributed by atoms with E-state index in [0.29, 0.717) is 12.1 Å². The van der Waals surface area contributed by atoms with E-state index in [1.54, 1.807) is 0 Å². The summed E-state index contributed by atoms with van der Waals surface area (Å²) in [6.07, 6.45) is -9.59. The van der Waals surface area contributed by atoms with Crippen LogP contribution >= 0.6 is 0 Å². The topological polar surface area (TPSA) is 35.2 Å². The minimum absolute atomic E-state index is 0.340. The van der Waals surface area contributed by atoms with Gasteiger partial charge in [-0.1, -0.05) is 0 Å². The van der Waals surface area contributed by atoms with Gasteiger partial charge in [0.2, 0.25) is 0 Å². The molecule has 0 bridgehead atoms. The van der Waals surface area contributed by atoms with Crippen molar-refractivity contribution in [2.75, 3.05) is 7.11 Å². The van der Waals surface area contributed by atoms with Crippen LogP contribution in [0.5, 0.6) is 5.75 Å². The van der Waals surface area contributed by atoms with Gasteiger partial charge < -0.3 is 10.5 Å². The number of ether oxygens (including phenoxy) is 1. The third-order valence-corrected chi connectivity index (χ3v) is 2.24. The zero-order valence-electron chi connectivity index (χ0n) is 9.06. The van der Waals surface area contributed by atoms with Crippen LogP contribution in [0.3, 0.4) is 0 Å². The fourth-order valence-electron chi connectivity index (χ4n) is 1.33. The predicted octanol–water partition coefficient (Wildman–Crippen LogP) is 3.28. The molecule has 0 radical (unpaired) electrons. The first-order chi connectivity index (χ1) is 8.07. The van der Waals surface area contributed by atoms with Gasteiger partial charge in [0.1, 0.15) is 11.8 Å². The van der Waals surface area contributed by atoms with Crippen LogP contribution in [0.25, 0.3) is 0 Å². The predicted molar refractivity (Wildman–Crippen MR) is 51.0 cm³/mol. The molecule has 0 amide bonds. The minimum atomic E-state index is -4.85. The van der Waals surface area contributed by atoms with Gasteiger partial charge in [-0.3, -0.25) is 0 Å². The molecule has 2 nitrogen and oxygen atoms in total. The molecular formula is C10H9F6NO. The average molecular weight is 273 g/mol. The molecule has 0 spiro atoms. The summed E-state index contributed by atoms with van der Waals surface area (Å²) in [5, 5.41) is 0. The first kappa shape index (κ1) is 14.6. The quantitative estimate of drug-likeness (QED) is 0.839. The molecule has 2 N–H and O–H groups in total. The highest BCUT2D eigenvalue weighted by Gasteiger charge is 2.41. The summed E-state index contributed by atoms with van der Waals surface area (Å²) in [4.78, 5) is 0. The smallest absolute Gasteiger partial charge is 0.416 e. The Morgan fingerprint density at radius 1 is 1.11 bits per heavy atom. The maximum absolute atomic E-state index is 12.4. The van der Waals surface area contributed by atoms with Crippen LogP contribution in [-0.4, -0.2) is 13.3 Å². The average Bonchev–Trinajstić information content (AvgIpc) is 2.24. The third-order valence-electron chi connectivity index (χ3n) is 2.24. The molecule has 1 aromatic carbocycles. The molecule has 0 aliphatic heterocycles. The van der Waals surface area contributed by atoms with Crippen LogP contribution in [0.1, 0.15) is 17.2 Å². The lowest BCUT2D eigenvalue weighted by Crippen LogP contribution is -2.29. The van der Waals surface area contributed by atoms with Crippen molar-refractivity contribution in [1.29, 1.82) is 0 Å². The van der Waals surface area contributed by atoms with E-state index >= 15 is 0 Å². The van der Waals surface area contributed by atoms with Crippen molar-refractivity contribution < 1.29 is 31.1 Å². The Morgan fingerprint density at radius 2 is 1.67 bits per heavy atom. The molecule has 0 unspecified atom stereocenters. The number of hydrogen-bond acceptors (Lipinski definition) is 2. The zero-order chi connectivity index (χ0) is 14.1. The van der Waals surface area contributed by atoms with E-state index in [9.17, 15) is 26.3 Å². The molecule has 0 saturated carbocycles. The SMILES string of the molecule is COc1ccc(C(F)(F)F)cc1[C@H](N)C(F)(F)F. The molecule has 0 aliphatic rings. The summed E-state index contributed by atoms with van der Waals surface area (Å²) in [6.45, 7) is 0. The van der Waals surface area contributed by atoms with Crippen LogP contribution in [0.4, 0.5) is 26.3 Å². The molecule has 102 valence electrons. The van der Waals surface area contributed by atoms with Crippen LogP contribution < -0.4 is 10.5 Å². The standard InChI is InChI=1S/C10H9F6NO/c1-18-7-3-2-5(9(11,12)13)4-6(7)8(17)10(14,15)16/h2-4,8H,17H2,1H3/t8-/m0/s1. The fraction of sp³-hybridized carbons (Fsp3) is 0.400. The number of methoxy groups -OCH3 is 1. The number of rotatable bonds is 2. The lowest BCUT2D eigenvalue weighted by Gasteiger charge is -2.20. The number of alkyl halides is 6. The molecule has 0 aromatic heterocycles. The van der Waals surface area contributed by atoms with Gasteiger partial charge in [0, 0.05) is 5.56 Å². The van der Waals surface area contributed by atoms with Gasteiger partial charge >= 0.3 is 12.4 Å². The Balaban J connectivity index is 3.31. The first-order valence-corrected chi connectivity index (χ1v) is 4.64. The van der Waals surface area contributed by atoms with Gasteiger partial charge in [0.05, 0.1) is 12.7 Å². The van der Waals surface area contributed by atoms with E-state index in [0.717, 1.165) is 13.2 Å². The summed E-state index contributed by atoms with van der Waals surface area (Å²) in [5.74, 6) is -0.340. The second kappa shape index (κ2) is 4.68. The summed E-state index contributed by atoms with van der Waals surface area (Å²) in [5.41, 5.74) is 2.93. The van der Waals surface area contributed by atoms with Gasteiger partial charge in [-0.15, -0.1) is 0 Å². The van der Waals surface area contributed by atoms with E-state index in [1.165, 1.54) is 0 Å². The van der Waals surface area contributed by atoms with Crippen molar-refractivity contribution in [1.82, 2.24) is 0 Å². The second-order valence-electron chi connectivity index (χ2n) is 3.47.